The summed E-state index contributed by atoms with van der Waals surface area (Å²) in [6.07, 6.45) is 66.2. The van der Waals surface area contributed by atoms with Crippen LogP contribution in [0.15, 0.2) is 235 Å². The summed E-state index contributed by atoms with van der Waals surface area (Å²) < 4.78 is 0. The number of carbonyl (C=O) groups is 3. The van der Waals surface area contributed by atoms with Crippen molar-refractivity contribution in [3.05, 3.63) is 235 Å². The molecule has 0 saturated carbocycles. The molecule has 4 rings (SSSR count). The summed E-state index contributed by atoms with van der Waals surface area (Å²) in [6, 6.07) is 0. The van der Waals surface area contributed by atoms with Gasteiger partial charge in [0.05, 0.1) is 0 Å². The first-order valence-corrected chi connectivity index (χ1v) is 32.7. The third-order valence-electron chi connectivity index (χ3n) is 16.9. The fourth-order valence-corrected chi connectivity index (χ4v) is 12.0. The van der Waals surface area contributed by atoms with Gasteiger partial charge >= 0.3 is 0 Å². The fraction of sp³-hybridized carbons (Fsp3) is 0.488. The van der Waals surface area contributed by atoms with Crippen LogP contribution in [0.25, 0.3) is 0 Å². The van der Waals surface area contributed by atoms with Crippen LogP contribution in [0.3, 0.4) is 0 Å². The van der Waals surface area contributed by atoms with Crippen LogP contribution in [0.5, 0.6) is 0 Å². The van der Waals surface area contributed by atoms with Gasteiger partial charge in [-0.1, -0.05) is 240 Å². The van der Waals surface area contributed by atoms with E-state index in [1.165, 1.54) is 144 Å². The second-order valence-corrected chi connectivity index (χ2v) is 28.0. The highest BCUT2D eigenvalue weighted by molar-refractivity contribution is 5.89. The summed E-state index contributed by atoms with van der Waals surface area (Å²) in [7, 11) is 0. The Morgan fingerprint density at radius 2 is 0.529 bits per heavy atom. The van der Waals surface area contributed by atoms with Crippen molar-refractivity contribution in [2.45, 2.75) is 250 Å². The molecule has 0 N–H and O–H groups in total. The Hall–Kier alpha value is -6.19. The van der Waals surface area contributed by atoms with Gasteiger partial charge in [0.25, 0.3) is 0 Å². The maximum absolute atomic E-state index is 11.0. The molecule has 0 heterocycles. The molecule has 0 radical (unpaired) electrons. The zero-order valence-electron chi connectivity index (χ0n) is 59.8. The molecule has 0 fully saturated rings. The van der Waals surface area contributed by atoms with Crippen molar-refractivity contribution in [1.82, 2.24) is 0 Å². The molecule has 476 valence electrons. The van der Waals surface area contributed by atoms with Gasteiger partial charge < -0.3 is 0 Å². The van der Waals surface area contributed by atoms with Crippen molar-refractivity contribution in [1.29, 1.82) is 0 Å². The van der Waals surface area contributed by atoms with Gasteiger partial charge in [-0.2, -0.15) is 0 Å². The Morgan fingerprint density at radius 3 is 0.713 bits per heavy atom. The summed E-state index contributed by atoms with van der Waals surface area (Å²) >= 11 is 0. The molecule has 4 aliphatic rings. The van der Waals surface area contributed by atoms with E-state index in [0.29, 0.717) is 5.41 Å². The Kier molecular flexibility index (Phi) is 35.9. The molecule has 3 heteroatoms. The van der Waals surface area contributed by atoms with Crippen molar-refractivity contribution in [2.75, 3.05) is 0 Å². The summed E-state index contributed by atoms with van der Waals surface area (Å²) in [5.74, 6) is 0.263. The largest absolute Gasteiger partial charge is 0.295 e. The number of ketones is 3. The first-order chi connectivity index (χ1) is 40.5. The lowest BCUT2D eigenvalue weighted by Crippen LogP contribution is -2.19. The highest BCUT2D eigenvalue weighted by Gasteiger charge is 2.29. The number of hydrogen-bond donors (Lipinski definition) is 0. The van der Waals surface area contributed by atoms with Crippen molar-refractivity contribution in [3.63, 3.8) is 0 Å². The monoisotopic (exact) mass is 1180 g/mol. The van der Waals surface area contributed by atoms with Crippen LogP contribution in [0.1, 0.15) is 250 Å². The normalized spacial score (nSPS) is 20.4. The number of carbonyl (C=O) groups excluding carboxylic acids is 3. The summed E-state index contributed by atoms with van der Waals surface area (Å²) in [4.78, 5) is 32.9. The van der Waals surface area contributed by atoms with Crippen LogP contribution in [-0.4, -0.2) is 17.3 Å². The second-order valence-electron chi connectivity index (χ2n) is 28.0. The zero-order valence-corrected chi connectivity index (χ0v) is 59.8. The minimum Gasteiger partial charge on any atom is -0.295 e. The number of rotatable bonds is 20. The van der Waals surface area contributed by atoms with Gasteiger partial charge in [0.2, 0.25) is 0 Å². The SMILES string of the molecule is CC(=O)/C=C(C)/C=C/C=C(C)/C=C/C1=C(C)CCCC1(C)C.CC(=O)/C=C(C)/C=C/C=C(C)/C=C/C1=C(C)CCCC1(C)C.CC(=O)/C=C(C)/C=C\C=C(C)\C=C\C1=C(C)CCCC1(C)C.CC/C=C(C)/C=C/C=C(C)/C=C/C1=C(C)CCCC1(C)C. The third kappa shape index (κ3) is 33.1. The number of allylic oxidation sites excluding steroid dienone is 40. The van der Waals surface area contributed by atoms with E-state index in [4.69, 9.17) is 0 Å². The van der Waals surface area contributed by atoms with E-state index in [0.717, 1.165) is 23.1 Å². The molecule has 0 amide bonds. The summed E-state index contributed by atoms with van der Waals surface area (Å²) in [5, 5.41) is 0. The van der Waals surface area contributed by atoms with E-state index in [9.17, 15) is 14.4 Å². The Morgan fingerprint density at radius 1 is 0.322 bits per heavy atom. The Bertz CT molecular complexity index is 2740. The van der Waals surface area contributed by atoms with Gasteiger partial charge in [0.1, 0.15) is 0 Å². The summed E-state index contributed by atoms with van der Waals surface area (Å²) in [6.45, 7) is 51.2. The van der Waals surface area contributed by atoms with Crippen molar-refractivity contribution in [2.24, 2.45) is 21.7 Å². The molecular formula is C84H122O3. The van der Waals surface area contributed by atoms with Gasteiger partial charge in [-0.25, -0.2) is 0 Å². The Labute approximate surface area is 535 Å². The molecular weight excluding hydrogens is 1060 g/mol. The predicted octanol–water partition coefficient (Wildman–Crippen LogP) is 25.2. The van der Waals surface area contributed by atoms with Gasteiger partial charge in [-0.15, -0.1) is 0 Å². The fourth-order valence-electron chi connectivity index (χ4n) is 12.0. The molecule has 3 nitrogen and oxygen atoms in total. The molecule has 0 bridgehead atoms. The molecule has 0 aromatic carbocycles. The van der Waals surface area contributed by atoms with E-state index in [1.54, 1.807) is 44.6 Å². The highest BCUT2D eigenvalue weighted by Crippen LogP contribution is 2.44. The molecule has 4 aliphatic carbocycles. The minimum absolute atomic E-state index is 0.0877. The van der Waals surface area contributed by atoms with E-state index in [-0.39, 0.29) is 33.6 Å². The molecule has 0 aromatic rings. The van der Waals surface area contributed by atoms with Crippen LogP contribution in [0.2, 0.25) is 0 Å². The van der Waals surface area contributed by atoms with Crippen molar-refractivity contribution in [3.8, 4) is 0 Å². The van der Waals surface area contributed by atoms with Crippen LogP contribution < -0.4 is 0 Å². The molecule has 0 aliphatic heterocycles. The molecule has 0 atom stereocenters. The van der Waals surface area contributed by atoms with E-state index in [2.05, 4.69) is 216 Å². The van der Waals surface area contributed by atoms with Crippen molar-refractivity contribution < 1.29 is 14.4 Å². The van der Waals surface area contributed by atoms with E-state index >= 15 is 0 Å². The molecule has 0 unspecified atom stereocenters. The zero-order chi connectivity index (χ0) is 66.1. The smallest absolute Gasteiger partial charge is 0.152 e. The third-order valence-corrected chi connectivity index (χ3v) is 16.9. The molecule has 0 saturated heterocycles. The van der Waals surface area contributed by atoms with Crippen LogP contribution in [-0.2, 0) is 14.4 Å². The first kappa shape index (κ1) is 78.8. The van der Waals surface area contributed by atoms with Gasteiger partial charge in [-0.05, 0) is 266 Å². The molecule has 87 heavy (non-hydrogen) atoms. The average molecular weight is 1180 g/mol. The maximum atomic E-state index is 11.0. The summed E-state index contributed by atoms with van der Waals surface area (Å²) in [5.41, 5.74) is 22.5. The molecule has 0 spiro atoms. The quantitative estimate of drug-likeness (QED) is 0.0902. The maximum Gasteiger partial charge on any atom is 0.152 e. The lowest BCUT2D eigenvalue weighted by molar-refractivity contribution is -0.113. The standard InChI is InChI=1S/3C21H30O.C21H32/c3*1-16(9-7-10-17(2)15-19(4)22)12-13-20-18(3)11-8-14-21(20,5)6;1-7-10-17(2)11-8-12-18(3)14-15-20-19(4)13-9-16-21(20,5)6/h3*7,9-10,12-13,15H,8,11,14H2,1-6H3;8,10-12,14-15H,7,9,13,16H2,1-6H3/b2*10-7+,13-12+,16-9+,17-15+;10-7-,13-12+,16-9+,17-15+;11-8+,15-14+,17-10+,18-12+. The molecule has 0 aromatic heterocycles. The van der Waals surface area contributed by atoms with Crippen LogP contribution in [0, 0.1) is 21.7 Å². The minimum atomic E-state index is 0.0877. The van der Waals surface area contributed by atoms with Crippen LogP contribution in [0.4, 0.5) is 0 Å². The number of hydrogen-bond acceptors (Lipinski definition) is 3. The van der Waals surface area contributed by atoms with Gasteiger partial charge in [0.15, 0.2) is 17.3 Å². The van der Waals surface area contributed by atoms with Gasteiger partial charge in [-0.3, -0.25) is 14.4 Å². The van der Waals surface area contributed by atoms with Crippen molar-refractivity contribution >= 4 is 17.3 Å². The van der Waals surface area contributed by atoms with Crippen LogP contribution >= 0.6 is 0 Å². The lowest BCUT2D eigenvalue weighted by Gasteiger charge is -2.33. The Balaban J connectivity index is 0.000000580. The van der Waals surface area contributed by atoms with E-state index < -0.39 is 0 Å². The van der Waals surface area contributed by atoms with E-state index in [1.807, 2.05) is 57.2 Å². The topological polar surface area (TPSA) is 51.2 Å². The first-order valence-electron chi connectivity index (χ1n) is 32.7. The predicted molar refractivity (Wildman–Crippen MR) is 387 cm³/mol. The average Bonchev–Trinajstić information content (AvgIpc) is 2.44. The lowest BCUT2D eigenvalue weighted by atomic mass is 9.72. The second kappa shape index (κ2) is 39.7. The van der Waals surface area contributed by atoms with Gasteiger partial charge in [0, 0.05) is 0 Å². The highest BCUT2D eigenvalue weighted by atomic mass is 16.1.